The van der Waals surface area contributed by atoms with Crippen LogP contribution in [0.3, 0.4) is 0 Å². The van der Waals surface area contributed by atoms with E-state index in [0.717, 1.165) is 42.3 Å². The Morgan fingerprint density at radius 3 is 2.55 bits per heavy atom. The van der Waals surface area contributed by atoms with Gasteiger partial charge in [0, 0.05) is 25.6 Å². The van der Waals surface area contributed by atoms with Crippen LogP contribution in [0.1, 0.15) is 66.2 Å². The van der Waals surface area contributed by atoms with Gasteiger partial charge in [-0.15, -0.1) is 11.3 Å². The summed E-state index contributed by atoms with van der Waals surface area (Å²) in [5.74, 6) is 0.459. The number of sulfonamides is 1. The number of benzene rings is 1. The number of hydrogen-bond acceptors (Lipinski definition) is 5. The smallest absolute Gasteiger partial charge is 0.243 e. The predicted molar refractivity (Wildman–Crippen MR) is 129 cm³/mol. The van der Waals surface area contributed by atoms with Crippen molar-refractivity contribution in [1.82, 2.24) is 14.6 Å². The Bertz CT molecular complexity index is 950. The quantitative estimate of drug-likeness (QED) is 0.667. The lowest BCUT2D eigenvalue weighted by molar-refractivity contribution is -0.125. The third kappa shape index (κ3) is 6.05. The van der Waals surface area contributed by atoms with Gasteiger partial charge in [-0.1, -0.05) is 47.0 Å². The summed E-state index contributed by atoms with van der Waals surface area (Å²) in [6.45, 7) is 1.54. The summed E-state index contributed by atoms with van der Waals surface area (Å²) >= 11 is 1.45. The van der Waals surface area contributed by atoms with Crippen LogP contribution < -0.4 is 5.32 Å². The molecule has 1 aromatic heterocycles. The zero-order chi connectivity index (χ0) is 20.3. The Balaban J connectivity index is 0.00000171. The van der Waals surface area contributed by atoms with Crippen LogP contribution >= 0.6 is 11.3 Å². The van der Waals surface area contributed by atoms with Crippen molar-refractivity contribution in [3.05, 3.63) is 23.7 Å². The molecule has 1 saturated heterocycles. The van der Waals surface area contributed by atoms with Gasteiger partial charge >= 0.3 is 0 Å². The molecular formula is C23H37N3O3S2. The van der Waals surface area contributed by atoms with Crippen molar-refractivity contribution in [3.8, 4) is 0 Å². The number of aromatic nitrogens is 1. The number of hydrogen-bond donors (Lipinski definition) is 1. The van der Waals surface area contributed by atoms with E-state index in [-0.39, 0.29) is 32.6 Å². The molecule has 1 unspecified atom stereocenters. The highest BCUT2D eigenvalue weighted by Crippen LogP contribution is 2.28. The Morgan fingerprint density at radius 2 is 1.81 bits per heavy atom. The summed E-state index contributed by atoms with van der Waals surface area (Å²) < 4.78 is 28.5. The summed E-state index contributed by atoms with van der Waals surface area (Å²) in [6, 6.07) is 5.12. The molecule has 8 heteroatoms. The van der Waals surface area contributed by atoms with E-state index in [1.807, 2.05) is 0 Å². The Morgan fingerprint density at radius 1 is 1.10 bits per heavy atom. The fourth-order valence-corrected chi connectivity index (χ4v) is 6.78. The Labute approximate surface area is 191 Å². The molecule has 1 aliphatic heterocycles. The Hall–Kier alpha value is -1.51. The fourth-order valence-electron chi connectivity index (χ4n) is 4.43. The molecule has 2 heterocycles. The molecule has 174 valence electrons. The molecule has 1 N–H and O–H groups in total. The van der Waals surface area contributed by atoms with Gasteiger partial charge in [-0.3, -0.25) is 4.79 Å². The first-order valence-electron chi connectivity index (χ1n) is 10.6. The maximum absolute atomic E-state index is 13.0. The molecule has 0 bridgehead atoms. The SMILES string of the molecule is C.C.O=C(NCC1CCN(S(=O)(=O)c2ccc3ncsc3c2)C1)C1CCCCCCC1. The molecule has 2 fully saturated rings. The second-order valence-electron chi connectivity index (χ2n) is 8.29. The first-order valence-corrected chi connectivity index (χ1v) is 13.0. The second kappa shape index (κ2) is 11.4. The van der Waals surface area contributed by atoms with Gasteiger partial charge in [-0.25, -0.2) is 13.4 Å². The van der Waals surface area contributed by atoms with Gasteiger partial charge in [0.05, 0.1) is 20.6 Å². The zero-order valence-corrected chi connectivity index (χ0v) is 18.3. The van der Waals surface area contributed by atoms with Crippen molar-refractivity contribution in [2.45, 2.75) is 71.1 Å². The van der Waals surface area contributed by atoms with E-state index in [1.54, 1.807) is 28.0 Å². The average molecular weight is 468 g/mol. The van der Waals surface area contributed by atoms with Crippen molar-refractivity contribution in [1.29, 1.82) is 0 Å². The number of carbonyl (C=O) groups is 1. The topological polar surface area (TPSA) is 79.4 Å². The fraction of sp³-hybridized carbons (Fsp3) is 0.652. The van der Waals surface area contributed by atoms with Crippen molar-refractivity contribution in [3.63, 3.8) is 0 Å². The molecule has 2 aromatic rings. The molecule has 2 aliphatic rings. The number of amides is 1. The number of carbonyl (C=O) groups excluding carboxylic acids is 1. The van der Waals surface area contributed by atoms with E-state index in [4.69, 9.17) is 0 Å². The second-order valence-corrected chi connectivity index (χ2v) is 11.1. The van der Waals surface area contributed by atoms with Gasteiger partial charge < -0.3 is 5.32 Å². The molecule has 1 aliphatic carbocycles. The molecule has 1 aromatic carbocycles. The molecule has 1 saturated carbocycles. The van der Waals surface area contributed by atoms with Crippen molar-refractivity contribution in [2.24, 2.45) is 11.8 Å². The number of rotatable bonds is 5. The molecule has 0 spiro atoms. The van der Waals surface area contributed by atoms with Crippen molar-refractivity contribution >= 4 is 37.5 Å². The highest BCUT2D eigenvalue weighted by molar-refractivity contribution is 7.89. The van der Waals surface area contributed by atoms with Gasteiger partial charge in [0.15, 0.2) is 0 Å². The zero-order valence-electron chi connectivity index (χ0n) is 16.7. The number of nitrogens with one attached hydrogen (secondary N) is 1. The maximum atomic E-state index is 13.0. The third-order valence-electron chi connectivity index (χ3n) is 6.23. The molecular weight excluding hydrogens is 430 g/mol. The summed E-state index contributed by atoms with van der Waals surface area (Å²) in [5.41, 5.74) is 2.55. The normalized spacial score (nSPS) is 21.0. The average Bonchev–Trinajstić information content (AvgIpc) is 3.35. The number of fused-ring (bicyclic) bond motifs is 1. The van der Waals surface area contributed by atoms with E-state index in [9.17, 15) is 13.2 Å². The number of thiazole rings is 1. The molecule has 6 nitrogen and oxygen atoms in total. The van der Waals surface area contributed by atoms with E-state index >= 15 is 0 Å². The van der Waals surface area contributed by atoms with Gasteiger partial charge in [0.25, 0.3) is 0 Å². The molecule has 0 radical (unpaired) electrons. The van der Waals surface area contributed by atoms with Crippen LogP contribution in [0.25, 0.3) is 10.2 Å². The maximum Gasteiger partial charge on any atom is 0.243 e. The predicted octanol–water partition coefficient (Wildman–Crippen LogP) is 5.06. The lowest BCUT2D eigenvalue weighted by Gasteiger charge is -2.20. The van der Waals surface area contributed by atoms with Crippen LogP contribution in [-0.2, 0) is 14.8 Å². The van der Waals surface area contributed by atoms with Crippen molar-refractivity contribution in [2.75, 3.05) is 19.6 Å². The Kier molecular flexibility index (Phi) is 9.45. The van der Waals surface area contributed by atoms with Gasteiger partial charge in [0.1, 0.15) is 0 Å². The van der Waals surface area contributed by atoms with E-state index in [1.165, 1.54) is 30.6 Å². The third-order valence-corrected chi connectivity index (χ3v) is 8.88. The van der Waals surface area contributed by atoms with Crippen molar-refractivity contribution < 1.29 is 13.2 Å². The van der Waals surface area contributed by atoms with Gasteiger partial charge in [-0.2, -0.15) is 4.31 Å². The summed E-state index contributed by atoms with van der Waals surface area (Å²) in [6.07, 6.45) is 8.77. The minimum Gasteiger partial charge on any atom is -0.356 e. The first-order chi connectivity index (χ1) is 14.0. The first kappa shape index (κ1) is 25.7. The minimum absolute atomic E-state index is 0. The summed E-state index contributed by atoms with van der Waals surface area (Å²) in [5, 5.41) is 3.11. The minimum atomic E-state index is -3.51. The highest BCUT2D eigenvalue weighted by atomic mass is 32.2. The summed E-state index contributed by atoms with van der Waals surface area (Å²) in [7, 11) is -3.51. The van der Waals surface area contributed by atoms with Gasteiger partial charge in [-0.05, 0) is 43.4 Å². The molecule has 1 amide bonds. The van der Waals surface area contributed by atoms with Crippen LogP contribution in [0.15, 0.2) is 28.6 Å². The molecule has 1 atom stereocenters. The molecule has 4 rings (SSSR count). The monoisotopic (exact) mass is 467 g/mol. The van der Waals surface area contributed by atoms with Crippen LogP contribution in [0.5, 0.6) is 0 Å². The molecule has 31 heavy (non-hydrogen) atoms. The van der Waals surface area contributed by atoms with E-state index < -0.39 is 10.0 Å². The summed E-state index contributed by atoms with van der Waals surface area (Å²) in [4.78, 5) is 17.1. The van der Waals surface area contributed by atoms with Crippen LogP contribution in [0, 0.1) is 11.8 Å². The lowest BCUT2D eigenvalue weighted by atomic mass is 9.90. The number of nitrogens with zero attached hydrogens (tertiary/aromatic N) is 2. The van der Waals surface area contributed by atoms with Crippen LogP contribution in [0.2, 0.25) is 0 Å². The highest BCUT2D eigenvalue weighted by Gasteiger charge is 2.33. The van der Waals surface area contributed by atoms with Crippen LogP contribution in [-0.4, -0.2) is 43.2 Å². The van der Waals surface area contributed by atoms with Crippen LogP contribution in [0.4, 0.5) is 0 Å². The lowest BCUT2D eigenvalue weighted by Crippen LogP contribution is -2.36. The van der Waals surface area contributed by atoms with E-state index in [2.05, 4.69) is 10.3 Å². The van der Waals surface area contributed by atoms with E-state index in [0.29, 0.717) is 24.5 Å². The van der Waals surface area contributed by atoms with Gasteiger partial charge in [0.2, 0.25) is 15.9 Å². The standard InChI is InChI=1S/C21H29N3O3S2.2CH4/c25-21(17-6-4-2-1-3-5-7-17)22-13-16-10-11-24(14-16)29(26,27)18-8-9-19-20(12-18)28-15-23-19;;/h8-9,12,15-17H,1-7,10-11,13-14H2,(H,22,25);2*1H4. The largest absolute Gasteiger partial charge is 0.356 e.